The van der Waals surface area contributed by atoms with Gasteiger partial charge in [-0.2, -0.15) is 0 Å². The van der Waals surface area contributed by atoms with E-state index in [2.05, 4.69) is 4.98 Å². The van der Waals surface area contributed by atoms with Crippen LogP contribution in [0.1, 0.15) is 29.7 Å². The topological polar surface area (TPSA) is 55.2 Å². The molecule has 0 radical (unpaired) electrons. The number of carbonyl (C=O) groups is 1. The van der Waals surface area contributed by atoms with E-state index < -0.39 is 0 Å². The van der Waals surface area contributed by atoms with E-state index in [1.165, 1.54) is 16.9 Å². The summed E-state index contributed by atoms with van der Waals surface area (Å²) in [5, 5.41) is 1.39. The molecular weight excluding hydrogens is 426 g/mol. The second-order valence-electron chi connectivity index (χ2n) is 7.39. The third-order valence-corrected chi connectivity index (χ3v) is 8.07. The van der Waals surface area contributed by atoms with Gasteiger partial charge in [0.15, 0.2) is 0 Å². The molecule has 0 atom stereocenters. The van der Waals surface area contributed by atoms with Crippen LogP contribution in [0.5, 0.6) is 0 Å². The predicted octanol–water partition coefficient (Wildman–Crippen LogP) is 4.52. The summed E-state index contributed by atoms with van der Waals surface area (Å²) >= 11 is 9.53. The maximum Gasteiger partial charge on any atom is 0.262 e. The number of aromatic nitrogens is 2. The predicted molar refractivity (Wildman–Crippen MR) is 120 cm³/mol. The number of hydrogen-bond acceptors (Lipinski definition) is 5. The van der Waals surface area contributed by atoms with Gasteiger partial charge in [0.05, 0.1) is 17.4 Å². The van der Waals surface area contributed by atoms with Crippen molar-refractivity contribution in [3.8, 4) is 0 Å². The van der Waals surface area contributed by atoms with Gasteiger partial charge >= 0.3 is 0 Å². The van der Waals surface area contributed by atoms with Crippen molar-refractivity contribution in [2.24, 2.45) is 0 Å². The highest BCUT2D eigenvalue weighted by molar-refractivity contribution is 7.99. The van der Waals surface area contributed by atoms with Gasteiger partial charge in [0.2, 0.25) is 5.91 Å². The summed E-state index contributed by atoms with van der Waals surface area (Å²) < 4.78 is 1.60. The Balaban J connectivity index is 1.39. The highest BCUT2D eigenvalue weighted by Crippen LogP contribution is 2.37. The SMILES string of the molecule is O=C(CCn1cnc2sc3c(c2c1=O)CCCC3)N1CCSc2ccc(Cl)cc21. The zero-order chi connectivity index (χ0) is 20.0. The number of fused-ring (bicyclic) bond motifs is 4. The molecule has 1 aliphatic carbocycles. The van der Waals surface area contributed by atoms with Crippen LogP contribution in [0.3, 0.4) is 0 Å². The van der Waals surface area contributed by atoms with Crippen molar-refractivity contribution < 1.29 is 4.79 Å². The molecular formula is C21H20ClN3O2S2. The van der Waals surface area contributed by atoms with Crippen molar-refractivity contribution in [1.29, 1.82) is 0 Å². The molecule has 0 saturated heterocycles. The molecule has 29 heavy (non-hydrogen) atoms. The van der Waals surface area contributed by atoms with Gasteiger partial charge in [0, 0.05) is 40.1 Å². The molecule has 1 aliphatic heterocycles. The minimum atomic E-state index is -0.0140. The maximum absolute atomic E-state index is 13.1. The monoisotopic (exact) mass is 445 g/mol. The summed E-state index contributed by atoms with van der Waals surface area (Å²) in [6, 6.07) is 5.66. The van der Waals surface area contributed by atoms with E-state index in [0.29, 0.717) is 18.1 Å². The van der Waals surface area contributed by atoms with Crippen molar-refractivity contribution in [1.82, 2.24) is 9.55 Å². The molecule has 2 aliphatic rings. The van der Waals surface area contributed by atoms with Gasteiger partial charge in [-0.3, -0.25) is 14.2 Å². The summed E-state index contributed by atoms with van der Waals surface area (Å²) in [4.78, 5) is 35.5. The summed E-state index contributed by atoms with van der Waals surface area (Å²) in [5.74, 6) is 0.864. The lowest BCUT2D eigenvalue weighted by atomic mass is 9.97. The number of rotatable bonds is 3. The Kier molecular flexibility index (Phi) is 5.14. The van der Waals surface area contributed by atoms with Gasteiger partial charge in [-0.25, -0.2) is 4.98 Å². The number of aryl methyl sites for hydroxylation is 3. The first-order valence-electron chi connectivity index (χ1n) is 9.84. The number of anilines is 1. The number of nitrogens with zero attached hydrogens (tertiary/aromatic N) is 3. The first kappa shape index (κ1) is 19.2. The molecule has 1 aromatic carbocycles. The van der Waals surface area contributed by atoms with Gasteiger partial charge in [-0.1, -0.05) is 11.6 Å². The molecule has 1 amide bonds. The van der Waals surface area contributed by atoms with E-state index in [-0.39, 0.29) is 17.9 Å². The molecule has 3 heterocycles. The quantitative estimate of drug-likeness (QED) is 0.594. The van der Waals surface area contributed by atoms with Crippen molar-refractivity contribution in [2.45, 2.75) is 43.5 Å². The fourth-order valence-electron chi connectivity index (χ4n) is 4.14. The Morgan fingerprint density at radius 3 is 3.00 bits per heavy atom. The Bertz CT molecular complexity index is 1170. The average Bonchev–Trinajstić information content (AvgIpc) is 3.12. The second kappa shape index (κ2) is 7.78. The molecule has 0 spiro atoms. The van der Waals surface area contributed by atoms with Crippen molar-refractivity contribution >= 4 is 56.5 Å². The molecule has 5 nitrogen and oxygen atoms in total. The summed E-state index contributed by atoms with van der Waals surface area (Å²) in [6.45, 7) is 0.992. The van der Waals surface area contributed by atoms with Crippen molar-refractivity contribution in [3.05, 3.63) is 50.3 Å². The Morgan fingerprint density at radius 2 is 2.10 bits per heavy atom. The number of amides is 1. The lowest BCUT2D eigenvalue weighted by Crippen LogP contribution is -2.36. The van der Waals surface area contributed by atoms with E-state index >= 15 is 0 Å². The third-order valence-electron chi connectivity index (χ3n) is 5.59. The van der Waals surface area contributed by atoms with Gasteiger partial charge in [-0.05, 0) is 49.4 Å². The van der Waals surface area contributed by atoms with Crippen molar-refractivity contribution in [2.75, 3.05) is 17.2 Å². The average molecular weight is 446 g/mol. The third kappa shape index (κ3) is 3.49. The minimum Gasteiger partial charge on any atom is -0.310 e. The van der Waals surface area contributed by atoms with Crippen LogP contribution in [0.2, 0.25) is 5.02 Å². The summed E-state index contributed by atoms with van der Waals surface area (Å²) in [7, 11) is 0. The zero-order valence-electron chi connectivity index (χ0n) is 15.8. The van der Waals surface area contributed by atoms with Crippen LogP contribution in [0.25, 0.3) is 10.2 Å². The maximum atomic E-state index is 13.1. The van der Waals surface area contributed by atoms with Gasteiger partial charge < -0.3 is 4.90 Å². The van der Waals surface area contributed by atoms with Crippen LogP contribution >= 0.6 is 34.7 Å². The number of carbonyl (C=O) groups excluding carboxylic acids is 1. The number of benzene rings is 1. The van der Waals surface area contributed by atoms with Crippen LogP contribution in [0.4, 0.5) is 5.69 Å². The fraction of sp³-hybridized carbons (Fsp3) is 0.381. The molecule has 0 saturated carbocycles. The summed E-state index contributed by atoms with van der Waals surface area (Å²) in [6.07, 6.45) is 6.16. The lowest BCUT2D eigenvalue weighted by molar-refractivity contribution is -0.118. The van der Waals surface area contributed by atoms with E-state index in [0.717, 1.165) is 45.8 Å². The smallest absolute Gasteiger partial charge is 0.262 e. The van der Waals surface area contributed by atoms with E-state index in [1.807, 2.05) is 18.2 Å². The molecule has 5 rings (SSSR count). The Hall–Kier alpha value is -1.83. The van der Waals surface area contributed by atoms with E-state index in [9.17, 15) is 9.59 Å². The zero-order valence-corrected chi connectivity index (χ0v) is 18.2. The molecule has 3 aromatic rings. The Morgan fingerprint density at radius 1 is 1.24 bits per heavy atom. The molecule has 0 unspecified atom stereocenters. The number of thioether (sulfide) groups is 1. The second-order valence-corrected chi connectivity index (χ2v) is 10.0. The molecule has 0 N–H and O–H groups in total. The van der Waals surface area contributed by atoms with Gasteiger partial charge in [0.25, 0.3) is 5.56 Å². The standard InChI is InChI=1S/C21H20ClN3O2S2/c22-13-5-6-17-15(11-13)25(9-10-28-17)18(26)7-8-24-12-23-20-19(21(24)27)14-3-1-2-4-16(14)29-20/h5-6,11-12H,1-4,7-10H2. The first-order chi connectivity index (χ1) is 14.1. The molecule has 0 bridgehead atoms. The first-order valence-corrected chi connectivity index (χ1v) is 12.0. The highest BCUT2D eigenvalue weighted by Gasteiger charge is 2.24. The van der Waals surface area contributed by atoms with Crippen molar-refractivity contribution in [3.63, 3.8) is 0 Å². The van der Waals surface area contributed by atoms with Gasteiger partial charge in [-0.15, -0.1) is 23.1 Å². The van der Waals surface area contributed by atoms with Gasteiger partial charge in [0.1, 0.15) is 4.83 Å². The number of halogens is 1. The van der Waals surface area contributed by atoms with Crippen LogP contribution in [0.15, 0.2) is 34.2 Å². The van der Waals surface area contributed by atoms with Crippen LogP contribution in [-0.2, 0) is 24.2 Å². The normalized spacial score (nSPS) is 16.0. The number of thiophene rings is 1. The highest BCUT2D eigenvalue weighted by atomic mass is 35.5. The molecule has 2 aromatic heterocycles. The Labute approximate surface area is 181 Å². The number of hydrogen-bond donors (Lipinski definition) is 0. The molecule has 150 valence electrons. The lowest BCUT2D eigenvalue weighted by Gasteiger charge is -2.29. The van der Waals surface area contributed by atoms with E-state index in [1.54, 1.807) is 38.9 Å². The minimum absolute atomic E-state index is 0.00756. The summed E-state index contributed by atoms with van der Waals surface area (Å²) in [5.41, 5.74) is 2.04. The fourth-order valence-corrected chi connectivity index (χ4v) is 6.50. The van der Waals surface area contributed by atoms with Crippen LogP contribution < -0.4 is 10.5 Å². The largest absolute Gasteiger partial charge is 0.310 e. The van der Waals surface area contributed by atoms with Crippen LogP contribution in [0, 0.1) is 0 Å². The molecule has 8 heteroatoms. The van der Waals surface area contributed by atoms with Crippen LogP contribution in [-0.4, -0.2) is 27.8 Å². The molecule has 0 fully saturated rings. The van der Waals surface area contributed by atoms with E-state index in [4.69, 9.17) is 11.6 Å².